The van der Waals surface area contributed by atoms with Gasteiger partial charge < -0.3 is 5.32 Å². The van der Waals surface area contributed by atoms with Gasteiger partial charge in [0, 0.05) is 5.56 Å². The van der Waals surface area contributed by atoms with Gasteiger partial charge in [-0.1, -0.05) is 0 Å². The number of nitrogens with one attached hydrogen (secondary N) is 1. The normalized spacial score (nSPS) is 12.2. The minimum atomic E-state index is -4.89. The average Bonchev–Trinajstić information content (AvgIpc) is 2.24. The minimum absolute atomic E-state index is 0.202. The third-order valence-corrected chi connectivity index (χ3v) is 2.68. The first-order valence-electron chi connectivity index (χ1n) is 4.49. The van der Waals surface area contributed by atoms with Crippen LogP contribution in [0.1, 0.15) is 10.4 Å². The van der Waals surface area contributed by atoms with Gasteiger partial charge in [0.15, 0.2) is 0 Å². The first-order valence-corrected chi connectivity index (χ1v) is 5.87. The van der Waals surface area contributed by atoms with Crippen LogP contribution in [0.25, 0.3) is 0 Å². The number of hydrogen-bond acceptors (Lipinski definition) is 3. The second-order valence-electron chi connectivity index (χ2n) is 3.26. The summed E-state index contributed by atoms with van der Waals surface area (Å²) in [5.41, 5.74) is -0.202. The fraction of sp³-hybridized carbons (Fsp3) is 0.222. The van der Waals surface area contributed by atoms with Crippen LogP contribution in [0.5, 0.6) is 0 Å². The molecule has 1 aromatic carbocycles. The van der Waals surface area contributed by atoms with Gasteiger partial charge in [-0.3, -0.25) is 4.79 Å². The van der Waals surface area contributed by atoms with Gasteiger partial charge in [-0.15, -0.1) is 3.89 Å². The molecule has 0 bridgehead atoms. The maximum Gasteiger partial charge on any atom is 0.405 e. The van der Waals surface area contributed by atoms with Gasteiger partial charge in [-0.25, -0.2) is 0 Å². The molecule has 0 saturated heterocycles. The maximum absolute atomic E-state index is 12.5. The topological polar surface area (TPSA) is 63.2 Å². The lowest BCUT2D eigenvalue weighted by Crippen LogP contribution is -2.33. The molecule has 0 saturated carbocycles. The van der Waals surface area contributed by atoms with Crippen LogP contribution in [-0.4, -0.2) is 27.0 Å². The van der Waals surface area contributed by atoms with Crippen molar-refractivity contribution in [1.29, 1.82) is 0 Å². The molecule has 1 rings (SSSR count). The highest BCUT2D eigenvalue weighted by molar-refractivity contribution is 7.86. The van der Waals surface area contributed by atoms with Gasteiger partial charge in [-0.2, -0.15) is 21.6 Å². The zero-order chi connectivity index (χ0) is 14.0. The van der Waals surface area contributed by atoms with Gasteiger partial charge in [0.1, 0.15) is 6.54 Å². The Balaban J connectivity index is 2.77. The van der Waals surface area contributed by atoms with Crippen LogP contribution in [0.2, 0.25) is 0 Å². The second-order valence-corrected chi connectivity index (χ2v) is 4.61. The lowest BCUT2D eigenvalue weighted by atomic mass is 10.2. The Morgan fingerprint density at radius 1 is 1.17 bits per heavy atom. The molecule has 0 radical (unpaired) electrons. The molecule has 1 N–H and O–H groups in total. The summed E-state index contributed by atoms with van der Waals surface area (Å²) in [6.45, 7) is -1.50. The molecule has 4 nitrogen and oxygen atoms in total. The largest absolute Gasteiger partial charge is 0.405 e. The number of hydrogen-bond donors (Lipinski definition) is 1. The van der Waals surface area contributed by atoms with Crippen molar-refractivity contribution in [3.8, 4) is 0 Å². The van der Waals surface area contributed by atoms with E-state index in [0.717, 1.165) is 24.3 Å². The van der Waals surface area contributed by atoms with Crippen LogP contribution < -0.4 is 5.32 Å². The molecule has 0 spiro atoms. The fourth-order valence-electron chi connectivity index (χ4n) is 1.05. The molecular formula is C9H7F4NO3S. The predicted octanol–water partition coefficient (Wildman–Crippen LogP) is 1.64. The molecule has 9 heteroatoms. The van der Waals surface area contributed by atoms with Gasteiger partial charge >= 0.3 is 16.4 Å². The van der Waals surface area contributed by atoms with Crippen molar-refractivity contribution in [2.75, 3.05) is 6.54 Å². The number of rotatable bonds is 3. The molecule has 0 fully saturated rings. The van der Waals surface area contributed by atoms with E-state index in [1.54, 1.807) is 5.32 Å². The minimum Gasteiger partial charge on any atom is -0.343 e. The Kier molecular flexibility index (Phi) is 3.95. The van der Waals surface area contributed by atoms with Crippen LogP contribution in [0.15, 0.2) is 29.2 Å². The van der Waals surface area contributed by atoms with E-state index in [1.807, 2.05) is 0 Å². The highest BCUT2D eigenvalue weighted by Crippen LogP contribution is 2.14. The zero-order valence-electron chi connectivity index (χ0n) is 8.66. The fourth-order valence-corrected chi connectivity index (χ4v) is 1.51. The van der Waals surface area contributed by atoms with Crippen molar-refractivity contribution in [3.63, 3.8) is 0 Å². The van der Waals surface area contributed by atoms with Gasteiger partial charge in [0.2, 0.25) is 0 Å². The quantitative estimate of drug-likeness (QED) is 0.678. The lowest BCUT2D eigenvalue weighted by Gasteiger charge is -2.08. The molecule has 0 aromatic heterocycles. The highest BCUT2D eigenvalue weighted by Gasteiger charge is 2.27. The van der Waals surface area contributed by atoms with Crippen molar-refractivity contribution in [3.05, 3.63) is 29.8 Å². The Morgan fingerprint density at radius 2 is 1.67 bits per heavy atom. The molecule has 0 heterocycles. The average molecular weight is 285 g/mol. The molecule has 100 valence electrons. The van der Waals surface area contributed by atoms with E-state index in [4.69, 9.17) is 0 Å². The number of benzene rings is 1. The Labute approximate surface area is 99.8 Å². The van der Waals surface area contributed by atoms with Gasteiger partial charge in [0.05, 0.1) is 4.90 Å². The highest BCUT2D eigenvalue weighted by atomic mass is 32.3. The SMILES string of the molecule is O=C(NCC(F)(F)F)c1ccc(S(=O)(=O)F)cc1. The van der Waals surface area contributed by atoms with Crippen molar-refractivity contribution < 1.29 is 30.3 Å². The smallest absolute Gasteiger partial charge is 0.343 e. The van der Waals surface area contributed by atoms with Crippen molar-refractivity contribution in [2.24, 2.45) is 0 Å². The molecular weight excluding hydrogens is 278 g/mol. The summed E-state index contributed by atoms with van der Waals surface area (Å²) in [5.74, 6) is -1.03. The summed E-state index contributed by atoms with van der Waals surface area (Å²) in [7, 11) is -4.89. The zero-order valence-corrected chi connectivity index (χ0v) is 9.48. The maximum atomic E-state index is 12.5. The Bertz CT molecular complexity index is 536. The summed E-state index contributed by atoms with van der Waals surface area (Å²) < 4.78 is 68.8. The van der Waals surface area contributed by atoms with Crippen LogP contribution >= 0.6 is 0 Å². The van der Waals surface area contributed by atoms with E-state index in [1.165, 1.54) is 0 Å². The molecule has 0 aliphatic rings. The molecule has 0 atom stereocenters. The molecule has 0 unspecified atom stereocenters. The Hall–Kier alpha value is -1.64. The molecule has 1 aromatic rings. The monoisotopic (exact) mass is 285 g/mol. The van der Waals surface area contributed by atoms with E-state index >= 15 is 0 Å². The number of halogens is 4. The van der Waals surface area contributed by atoms with Crippen LogP contribution in [0.4, 0.5) is 17.1 Å². The number of amides is 1. The molecule has 18 heavy (non-hydrogen) atoms. The third kappa shape index (κ3) is 4.32. The van der Waals surface area contributed by atoms with E-state index < -0.39 is 33.7 Å². The van der Waals surface area contributed by atoms with Crippen LogP contribution in [0.3, 0.4) is 0 Å². The van der Waals surface area contributed by atoms with E-state index in [2.05, 4.69) is 0 Å². The number of alkyl halides is 3. The van der Waals surface area contributed by atoms with E-state index in [-0.39, 0.29) is 5.56 Å². The molecule has 0 aliphatic heterocycles. The summed E-state index contributed by atoms with van der Waals surface area (Å²) in [6, 6.07) is 3.41. The standard InChI is InChI=1S/C9H7F4NO3S/c10-9(11,12)5-14-8(15)6-1-3-7(4-2-6)18(13,16)17/h1-4H,5H2,(H,14,15). The summed E-state index contributed by atoms with van der Waals surface area (Å²) in [5, 5.41) is 1.59. The van der Waals surface area contributed by atoms with Crippen molar-refractivity contribution in [2.45, 2.75) is 11.1 Å². The van der Waals surface area contributed by atoms with E-state index in [9.17, 15) is 30.3 Å². The summed E-state index contributed by atoms with van der Waals surface area (Å²) >= 11 is 0. The number of carbonyl (C=O) groups is 1. The summed E-state index contributed by atoms with van der Waals surface area (Å²) in [6.07, 6.45) is -4.54. The molecule has 0 aliphatic carbocycles. The lowest BCUT2D eigenvalue weighted by molar-refractivity contribution is -0.123. The van der Waals surface area contributed by atoms with Gasteiger partial charge in [-0.05, 0) is 24.3 Å². The van der Waals surface area contributed by atoms with Crippen LogP contribution in [-0.2, 0) is 10.2 Å². The second kappa shape index (κ2) is 4.92. The van der Waals surface area contributed by atoms with Crippen LogP contribution in [0, 0.1) is 0 Å². The van der Waals surface area contributed by atoms with Crippen molar-refractivity contribution >= 4 is 16.1 Å². The van der Waals surface area contributed by atoms with Gasteiger partial charge in [0.25, 0.3) is 5.91 Å². The van der Waals surface area contributed by atoms with Crippen molar-refractivity contribution in [1.82, 2.24) is 5.32 Å². The summed E-state index contributed by atoms with van der Waals surface area (Å²) in [4.78, 5) is 10.5. The molecule has 1 amide bonds. The Morgan fingerprint density at radius 3 is 2.06 bits per heavy atom. The van der Waals surface area contributed by atoms with E-state index in [0.29, 0.717) is 0 Å². The first kappa shape index (κ1) is 14.4. The first-order chi connectivity index (χ1) is 8.09. The third-order valence-electron chi connectivity index (χ3n) is 1.85. The predicted molar refractivity (Wildman–Crippen MR) is 53.1 cm³/mol. The number of carbonyl (C=O) groups excluding carboxylic acids is 1.